The minimum Gasteiger partial charge on any atom is -0.346 e. The van der Waals surface area contributed by atoms with Crippen molar-refractivity contribution in [2.45, 2.75) is 32.7 Å². The molecule has 0 aliphatic rings. The van der Waals surface area contributed by atoms with Crippen LogP contribution in [0.2, 0.25) is 0 Å². The lowest BCUT2D eigenvalue weighted by molar-refractivity contribution is 0.0912. The molecule has 0 saturated carbocycles. The van der Waals surface area contributed by atoms with Gasteiger partial charge in [0.2, 0.25) is 0 Å². The van der Waals surface area contributed by atoms with Crippen molar-refractivity contribution < 1.29 is 4.79 Å². The highest BCUT2D eigenvalue weighted by Crippen LogP contribution is 2.13. The van der Waals surface area contributed by atoms with Gasteiger partial charge >= 0.3 is 0 Å². The summed E-state index contributed by atoms with van der Waals surface area (Å²) in [6.45, 7) is 5.73. The second-order valence-electron chi connectivity index (χ2n) is 3.91. The molecule has 0 aliphatic carbocycles. The summed E-state index contributed by atoms with van der Waals surface area (Å²) in [7, 11) is 0. The van der Waals surface area contributed by atoms with E-state index in [9.17, 15) is 4.79 Å². The van der Waals surface area contributed by atoms with Gasteiger partial charge in [0.15, 0.2) is 0 Å². The van der Waals surface area contributed by atoms with Crippen LogP contribution in [0, 0.1) is 6.92 Å². The molecule has 0 aliphatic heterocycles. The Morgan fingerprint density at radius 3 is 2.80 bits per heavy atom. The fourth-order valence-electron chi connectivity index (χ4n) is 1.14. The van der Waals surface area contributed by atoms with Crippen LogP contribution in [0.3, 0.4) is 0 Å². The van der Waals surface area contributed by atoms with Crippen molar-refractivity contribution in [2.24, 2.45) is 0 Å². The fraction of sp³-hybridized carbons (Fsp3) is 0.600. The minimum atomic E-state index is -0.359. The summed E-state index contributed by atoms with van der Waals surface area (Å²) in [6.07, 6.45) is 2.31. The Balaban J connectivity index is 2.76. The van der Waals surface area contributed by atoms with E-state index >= 15 is 0 Å². The first-order valence-corrected chi connectivity index (χ1v) is 5.44. The van der Waals surface area contributed by atoms with Gasteiger partial charge in [0.05, 0.1) is 17.3 Å². The molecule has 0 radical (unpaired) electrons. The minimum absolute atomic E-state index is 0.133. The third-order valence-corrected chi connectivity index (χ3v) is 3.15. The highest BCUT2D eigenvalue weighted by molar-refractivity contribution is 6.18. The molecule has 0 aromatic carbocycles. The third kappa shape index (κ3) is 2.72. The lowest BCUT2D eigenvalue weighted by atomic mass is 10.0. The molecule has 1 unspecified atom stereocenters. The van der Waals surface area contributed by atoms with Gasteiger partial charge in [0, 0.05) is 11.6 Å². The van der Waals surface area contributed by atoms with E-state index in [0.717, 1.165) is 12.1 Å². The number of carbonyl (C=O) groups is 1. The Bertz CT molecular complexity index is 344. The van der Waals surface area contributed by atoms with Crippen LogP contribution in [-0.4, -0.2) is 27.5 Å². The molecular weight excluding hydrogens is 214 g/mol. The Morgan fingerprint density at radius 1 is 1.73 bits per heavy atom. The van der Waals surface area contributed by atoms with E-state index in [-0.39, 0.29) is 11.4 Å². The molecule has 0 fully saturated rings. The van der Waals surface area contributed by atoms with E-state index in [4.69, 9.17) is 11.6 Å². The average molecular weight is 230 g/mol. The summed E-state index contributed by atoms with van der Waals surface area (Å²) in [5.41, 5.74) is 0.975. The first-order chi connectivity index (χ1) is 7.02. The van der Waals surface area contributed by atoms with E-state index in [1.54, 1.807) is 0 Å². The largest absolute Gasteiger partial charge is 0.346 e. The van der Waals surface area contributed by atoms with Gasteiger partial charge < -0.3 is 5.32 Å². The Morgan fingerprint density at radius 2 is 2.40 bits per heavy atom. The number of hydrogen-bond donors (Lipinski definition) is 2. The molecule has 1 aromatic rings. The summed E-state index contributed by atoms with van der Waals surface area (Å²) in [4.78, 5) is 11.8. The Kier molecular flexibility index (Phi) is 3.74. The fourth-order valence-corrected chi connectivity index (χ4v) is 1.39. The van der Waals surface area contributed by atoms with E-state index in [1.807, 2.05) is 20.8 Å². The summed E-state index contributed by atoms with van der Waals surface area (Å²) in [5.74, 6) is 0.262. The van der Waals surface area contributed by atoms with Crippen LogP contribution in [0.25, 0.3) is 0 Å². The third-order valence-electron chi connectivity index (χ3n) is 2.57. The van der Waals surface area contributed by atoms with Gasteiger partial charge in [-0.15, -0.1) is 11.6 Å². The zero-order valence-electron chi connectivity index (χ0n) is 9.22. The van der Waals surface area contributed by atoms with Gasteiger partial charge in [-0.25, -0.2) is 0 Å². The van der Waals surface area contributed by atoms with Gasteiger partial charge in [-0.2, -0.15) is 5.10 Å². The van der Waals surface area contributed by atoms with Crippen molar-refractivity contribution in [2.75, 3.05) is 5.88 Å². The van der Waals surface area contributed by atoms with Crippen molar-refractivity contribution in [1.29, 1.82) is 0 Å². The molecule has 1 rings (SSSR count). The normalized spacial score (nSPS) is 14.7. The first kappa shape index (κ1) is 12.0. The number of halogens is 1. The molecule has 1 amide bonds. The molecule has 0 spiro atoms. The molecule has 2 N–H and O–H groups in total. The van der Waals surface area contributed by atoms with E-state index in [2.05, 4.69) is 15.5 Å². The van der Waals surface area contributed by atoms with Crippen LogP contribution >= 0.6 is 11.6 Å². The number of hydrogen-bond acceptors (Lipinski definition) is 2. The quantitative estimate of drug-likeness (QED) is 0.775. The van der Waals surface area contributed by atoms with Crippen molar-refractivity contribution in [3.05, 3.63) is 17.5 Å². The number of rotatable bonds is 4. The molecule has 1 aromatic heterocycles. The predicted molar refractivity (Wildman–Crippen MR) is 60.2 cm³/mol. The number of nitrogens with one attached hydrogen (secondary N) is 2. The van der Waals surface area contributed by atoms with Gasteiger partial charge in [-0.3, -0.25) is 9.89 Å². The maximum Gasteiger partial charge on any atom is 0.255 e. The Hall–Kier alpha value is -1.03. The molecule has 0 bridgehead atoms. The highest BCUT2D eigenvalue weighted by Gasteiger charge is 2.24. The SMILES string of the molecule is CCC(C)(CCl)NC(=O)c1cn[nH]c1C. The Labute approximate surface area is 94.4 Å². The standard InChI is InChI=1S/C10H16ClN3O/c1-4-10(3,6-11)13-9(15)8-5-12-14-7(8)2/h5H,4,6H2,1-3H3,(H,12,14)(H,13,15). The first-order valence-electron chi connectivity index (χ1n) is 4.91. The second-order valence-corrected chi connectivity index (χ2v) is 4.18. The van der Waals surface area contributed by atoms with Crippen LogP contribution in [0.5, 0.6) is 0 Å². The summed E-state index contributed by atoms with van der Waals surface area (Å²) in [5, 5.41) is 9.44. The molecule has 1 heterocycles. The number of H-pyrrole nitrogens is 1. The maximum atomic E-state index is 11.8. The second kappa shape index (κ2) is 4.66. The van der Waals surface area contributed by atoms with E-state index < -0.39 is 0 Å². The zero-order valence-corrected chi connectivity index (χ0v) is 9.98. The van der Waals surface area contributed by atoms with Gasteiger partial charge in [0.1, 0.15) is 0 Å². The summed E-state index contributed by atoms with van der Waals surface area (Å²) in [6, 6.07) is 0. The molecule has 4 nitrogen and oxygen atoms in total. The summed E-state index contributed by atoms with van der Waals surface area (Å²) < 4.78 is 0. The highest BCUT2D eigenvalue weighted by atomic mass is 35.5. The molecule has 5 heteroatoms. The number of nitrogens with zero attached hydrogens (tertiary/aromatic N) is 1. The smallest absolute Gasteiger partial charge is 0.255 e. The van der Waals surface area contributed by atoms with Crippen molar-refractivity contribution in [3.63, 3.8) is 0 Å². The molecule has 1 atom stereocenters. The van der Waals surface area contributed by atoms with Crippen molar-refractivity contribution >= 4 is 17.5 Å². The van der Waals surface area contributed by atoms with E-state index in [1.165, 1.54) is 6.20 Å². The lowest BCUT2D eigenvalue weighted by Gasteiger charge is -2.26. The summed E-state index contributed by atoms with van der Waals surface area (Å²) >= 11 is 5.82. The lowest BCUT2D eigenvalue weighted by Crippen LogP contribution is -2.47. The zero-order chi connectivity index (χ0) is 11.5. The number of carbonyl (C=O) groups excluding carboxylic acids is 1. The maximum absolute atomic E-state index is 11.8. The number of aromatic amines is 1. The monoisotopic (exact) mass is 229 g/mol. The number of amides is 1. The van der Waals surface area contributed by atoms with Crippen molar-refractivity contribution in [3.8, 4) is 0 Å². The van der Waals surface area contributed by atoms with Crippen LogP contribution in [0.1, 0.15) is 36.3 Å². The van der Waals surface area contributed by atoms with Crippen LogP contribution < -0.4 is 5.32 Å². The number of alkyl halides is 1. The van der Waals surface area contributed by atoms with Gasteiger partial charge in [-0.05, 0) is 20.3 Å². The number of aryl methyl sites for hydroxylation is 1. The van der Waals surface area contributed by atoms with E-state index in [0.29, 0.717) is 11.4 Å². The van der Waals surface area contributed by atoms with Crippen LogP contribution in [-0.2, 0) is 0 Å². The van der Waals surface area contributed by atoms with Gasteiger partial charge in [-0.1, -0.05) is 6.92 Å². The molecule has 0 saturated heterocycles. The number of aromatic nitrogens is 2. The topological polar surface area (TPSA) is 57.8 Å². The van der Waals surface area contributed by atoms with Crippen LogP contribution in [0.4, 0.5) is 0 Å². The van der Waals surface area contributed by atoms with Gasteiger partial charge in [0.25, 0.3) is 5.91 Å². The predicted octanol–water partition coefficient (Wildman–Crippen LogP) is 1.86. The average Bonchev–Trinajstić information content (AvgIpc) is 2.64. The molecular formula is C10H16ClN3O. The molecule has 84 valence electrons. The van der Waals surface area contributed by atoms with Crippen molar-refractivity contribution in [1.82, 2.24) is 15.5 Å². The molecule has 15 heavy (non-hydrogen) atoms. The van der Waals surface area contributed by atoms with Crippen LogP contribution in [0.15, 0.2) is 6.20 Å².